The van der Waals surface area contributed by atoms with E-state index in [4.69, 9.17) is 0 Å². The third kappa shape index (κ3) is 3.23. The predicted molar refractivity (Wildman–Crippen MR) is 101 cm³/mol. The first-order valence-electron chi connectivity index (χ1n) is 8.80. The quantitative estimate of drug-likeness (QED) is 0.641. The van der Waals surface area contributed by atoms with Crippen molar-refractivity contribution in [2.75, 3.05) is 6.54 Å². The molecule has 0 spiro atoms. The maximum Gasteiger partial charge on any atom is 0.247 e. The van der Waals surface area contributed by atoms with Crippen molar-refractivity contribution in [3.63, 3.8) is 0 Å². The normalized spacial score (nSPS) is 17.3. The van der Waals surface area contributed by atoms with Gasteiger partial charge in [0.2, 0.25) is 5.91 Å². The summed E-state index contributed by atoms with van der Waals surface area (Å²) in [6, 6.07) is 16.3. The van der Waals surface area contributed by atoms with Gasteiger partial charge in [0.1, 0.15) is 5.82 Å². The Balaban J connectivity index is 1.57. The van der Waals surface area contributed by atoms with Crippen molar-refractivity contribution in [3.05, 3.63) is 83.8 Å². The second-order valence-corrected chi connectivity index (χ2v) is 6.50. The highest BCUT2D eigenvalue weighted by Crippen LogP contribution is 2.32. The number of fused-ring (bicyclic) bond motifs is 1. The monoisotopic (exact) mass is 346 g/mol. The molecule has 0 bridgehead atoms. The van der Waals surface area contributed by atoms with E-state index in [2.05, 4.69) is 4.98 Å². The number of likely N-dealkylation sites (tertiary alicyclic amines) is 1. The molecule has 4 heteroatoms. The van der Waals surface area contributed by atoms with E-state index >= 15 is 0 Å². The van der Waals surface area contributed by atoms with Gasteiger partial charge in [0.25, 0.3) is 0 Å². The standard InChI is InChI=1S/C22H19FN2O/c23-19-11-8-16(9-12-19)20-7-3-15-25(20)21(26)13-10-18-5-1-4-17-6-2-14-24-22(17)18/h1-2,4-6,8-14,20H,3,7,15H2/b13-10-/t20-/m1/s1. The van der Waals surface area contributed by atoms with Crippen LogP contribution in [0.4, 0.5) is 4.39 Å². The van der Waals surface area contributed by atoms with Crippen molar-refractivity contribution < 1.29 is 9.18 Å². The molecule has 1 amide bonds. The molecule has 0 N–H and O–H groups in total. The Hall–Kier alpha value is -3.01. The fraction of sp³-hybridized carbons (Fsp3) is 0.182. The van der Waals surface area contributed by atoms with Gasteiger partial charge in [-0.1, -0.05) is 36.4 Å². The van der Waals surface area contributed by atoms with Crippen LogP contribution in [-0.2, 0) is 4.79 Å². The van der Waals surface area contributed by atoms with Crippen molar-refractivity contribution >= 4 is 22.9 Å². The fourth-order valence-corrected chi connectivity index (χ4v) is 3.58. The molecule has 0 unspecified atom stereocenters. The van der Waals surface area contributed by atoms with Crippen LogP contribution in [0.25, 0.3) is 17.0 Å². The molecule has 0 radical (unpaired) electrons. The first kappa shape index (κ1) is 16.5. The Bertz CT molecular complexity index is 960. The molecule has 1 atom stereocenters. The second kappa shape index (κ2) is 7.08. The smallest absolute Gasteiger partial charge is 0.247 e. The topological polar surface area (TPSA) is 33.2 Å². The molecule has 26 heavy (non-hydrogen) atoms. The molecule has 0 aliphatic carbocycles. The number of carbonyl (C=O) groups is 1. The molecular weight excluding hydrogens is 327 g/mol. The second-order valence-electron chi connectivity index (χ2n) is 6.50. The summed E-state index contributed by atoms with van der Waals surface area (Å²) in [5, 5.41) is 1.05. The van der Waals surface area contributed by atoms with Crippen molar-refractivity contribution in [2.45, 2.75) is 18.9 Å². The van der Waals surface area contributed by atoms with Crippen molar-refractivity contribution in [3.8, 4) is 0 Å². The predicted octanol–water partition coefficient (Wildman–Crippen LogP) is 4.75. The molecule has 2 heterocycles. The number of hydrogen-bond acceptors (Lipinski definition) is 2. The number of pyridine rings is 1. The summed E-state index contributed by atoms with van der Waals surface area (Å²) in [4.78, 5) is 19.0. The van der Waals surface area contributed by atoms with Crippen LogP contribution in [-0.4, -0.2) is 22.3 Å². The maximum atomic E-state index is 13.2. The third-order valence-corrected chi connectivity index (χ3v) is 4.86. The van der Waals surface area contributed by atoms with Gasteiger partial charge in [-0.15, -0.1) is 0 Å². The molecule has 1 aliphatic rings. The Morgan fingerprint density at radius 2 is 1.92 bits per heavy atom. The molecule has 2 aromatic carbocycles. The van der Waals surface area contributed by atoms with E-state index < -0.39 is 0 Å². The van der Waals surface area contributed by atoms with Crippen LogP contribution >= 0.6 is 0 Å². The summed E-state index contributed by atoms with van der Waals surface area (Å²) in [7, 11) is 0. The van der Waals surface area contributed by atoms with E-state index in [1.54, 1.807) is 24.4 Å². The minimum Gasteiger partial charge on any atom is -0.332 e. The van der Waals surface area contributed by atoms with E-state index in [1.807, 2.05) is 41.3 Å². The molecule has 3 aromatic rings. The van der Waals surface area contributed by atoms with Crippen molar-refractivity contribution in [2.24, 2.45) is 0 Å². The highest BCUT2D eigenvalue weighted by molar-refractivity contribution is 5.95. The van der Waals surface area contributed by atoms with Crippen LogP contribution < -0.4 is 0 Å². The number of benzene rings is 2. The van der Waals surface area contributed by atoms with Gasteiger partial charge in [-0.05, 0) is 42.7 Å². The molecule has 0 saturated carbocycles. The number of rotatable bonds is 3. The number of aromatic nitrogens is 1. The Kier molecular flexibility index (Phi) is 4.48. The first-order chi connectivity index (χ1) is 12.7. The van der Waals surface area contributed by atoms with Crippen molar-refractivity contribution in [1.29, 1.82) is 0 Å². The minimum absolute atomic E-state index is 0.0124. The van der Waals surface area contributed by atoms with Gasteiger partial charge in [-0.2, -0.15) is 0 Å². The Labute approximate surface area is 151 Å². The number of carbonyl (C=O) groups excluding carboxylic acids is 1. The number of halogens is 1. The van der Waals surface area contributed by atoms with E-state index in [0.29, 0.717) is 0 Å². The molecule has 1 fully saturated rings. The van der Waals surface area contributed by atoms with Crippen LogP contribution in [0.2, 0.25) is 0 Å². The van der Waals surface area contributed by atoms with E-state index in [9.17, 15) is 9.18 Å². The summed E-state index contributed by atoms with van der Waals surface area (Å²) in [6.45, 7) is 0.721. The van der Waals surface area contributed by atoms with Gasteiger partial charge < -0.3 is 4.90 Å². The van der Waals surface area contributed by atoms with Gasteiger partial charge in [0.05, 0.1) is 11.6 Å². The van der Waals surface area contributed by atoms with Crippen LogP contribution in [0.1, 0.15) is 30.0 Å². The highest BCUT2D eigenvalue weighted by Gasteiger charge is 2.28. The summed E-state index contributed by atoms with van der Waals surface area (Å²) in [6.07, 6.45) is 7.06. The number of nitrogens with zero attached hydrogens (tertiary/aromatic N) is 2. The largest absolute Gasteiger partial charge is 0.332 e. The molecule has 1 aromatic heterocycles. The van der Waals surface area contributed by atoms with Gasteiger partial charge >= 0.3 is 0 Å². The summed E-state index contributed by atoms with van der Waals surface area (Å²) < 4.78 is 13.2. The number of para-hydroxylation sites is 1. The molecular formula is C22H19FN2O. The van der Waals surface area contributed by atoms with Crippen LogP contribution in [0.15, 0.2) is 66.9 Å². The van der Waals surface area contributed by atoms with Crippen LogP contribution in [0, 0.1) is 5.82 Å². The molecule has 3 nitrogen and oxygen atoms in total. The summed E-state index contributed by atoms with van der Waals surface area (Å²) >= 11 is 0. The maximum absolute atomic E-state index is 13.2. The average molecular weight is 346 g/mol. The number of amides is 1. The highest BCUT2D eigenvalue weighted by atomic mass is 19.1. The van der Waals surface area contributed by atoms with Crippen molar-refractivity contribution in [1.82, 2.24) is 9.88 Å². The van der Waals surface area contributed by atoms with Crippen LogP contribution in [0.3, 0.4) is 0 Å². The first-order valence-corrected chi connectivity index (χ1v) is 8.80. The third-order valence-electron chi connectivity index (χ3n) is 4.86. The van der Waals surface area contributed by atoms with E-state index in [0.717, 1.165) is 41.4 Å². The lowest BCUT2D eigenvalue weighted by Gasteiger charge is -2.23. The summed E-state index contributed by atoms with van der Waals surface area (Å²) in [5.74, 6) is -0.280. The molecule has 1 saturated heterocycles. The van der Waals surface area contributed by atoms with Crippen LogP contribution in [0.5, 0.6) is 0 Å². The van der Waals surface area contributed by atoms with Gasteiger partial charge in [0, 0.05) is 29.8 Å². The zero-order valence-corrected chi connectivity index (χ0v) is 14.3. The molecule has 130 valence electrons. The zero-order valence-electron chi connectivity index (χ0n) is 14.3. The van der Waals surface area contributed by atoms with Gasteiger partial charge in [0.15, 0.2) is 0 Å². The molecule has 1 aliphatic heterocycles. The summed E-state index contributed by atoms with van der Waals surface area (Å²) in [5.41, 5.74) is 2.79. The fourth-order valence-electron chi connectivity index (χ4n) is 3.58. The lowest BCUT2D eigenvalue weighted by molar-refractivity contribution is -0.126. The average Bonchev–Trinajstić information content (AvgIpc) is 3.16. The SMILES string of the molecule is O=C(/C=C\c1cccc2cccnc12)N1CCC[C@@H]1c1ccc(F)cc1. The van der Waals surface area contributed by atoms with E-state index in [1.165, 1.54) is 12.1 Å². The zero-order chi connectivity index (χ0) is 17.9. The lowest BCUT2D eigenvalue weighted by Crippen LogP contribution is -2.28. The van der Waals surface area contributed by atoms with Gasteiger partial charge in [-0.3, -0.25) is 9.78 Å². The number of hydrogen-bond donors (Lipinski definition) is 0. The Morgan fingerprint density at radius 3 is 2.77 bits per heavy atom. The minimum atomic E-state index is -0.257. The molecule has 4 rings (SSSR count). The Morgan fingerprint density at radius 1 is 1.12 bits per heavy atom. The lowest BCUT2D eigenvalue weighted by atomic mass is 10.0. The van der Waals surface area contributed by atoms with E-state index in [-0.39, 0.29) is 17.8 Å². The van der Waals surface area contributed by atoms with Gasteiger partial charge in [-0.25, -0.2) is 4.39 Å².